The zero-order chi connectivity index (χ0) is 6.15. The quantitative estimate of drug-likeness (QED) is 0.569. The van der Waals surface area contributed by atoms with Crippen molar-refractivity contribution in [2.24, 2.45) is 0 Å². The Kier molecular flexibility index (Phi) is 1.93. The molecule has 0 aliphatic heterocycles. The molecule has 1 aliphatic carbocycles. The lowest BCUT2D eigenvalue weighted by Gasteiger charge is -2.26. The number of allylic oxidation sites excluding steroid dienone is 2. The van der Waals surface area contributed by atoms with Gasteiger partial charge in [-0.25, -0.2) is 0 Å². The fraction of sp³-hybridized carbons (Fsp3) is 0.333. The van der Waals surface area contributed by atoms with Crippen molar-refractivity contribution in [3.8, 4) is 0 Å². The minimum Gasteiger partial charge on any atom is -0.0944 e. The highest BCUT2D eigenvalue weighted by Gasteiger charge is 2.23. The lowest BCUT2D eigenvalue weighted by Crippen LogP contribution is -2.16. The molecule has 0 aromatic rings. The summed E-state index contributed by atoms with van der Waals surface area (Å²) in [6.07, 6.45) is 1.12. The van der Waals surface area contributed by atoms with Crippen molar-refractivity contribution in [3.63, 3.8) is 0 Å². The Bertz CT molecular complexity index is 147. The summed E-state index contributed by atoms with van der Waals surface area (Å²) >= 11 is 6.70. The lowest BCUT2D eigenvalue weighted by atomic mass is 9.88. The molecule has 0 spiro atoms. The van der Waals surface area contributed by atoms with E-state index in [-0.39, 0.29) is 0 Å². The van der Waals surface area contributed by atoms with Crippen LogP contribution in [0.1, 0.15) is 6.42 Å². The third kappa shape index (κ3) is 0.914. The fourth-order valence-electron chi connectivity index (χ4n) is 0.632. The second-order valence-corrected chi connectivity index (χ2v) is 3.39. The number of rotatable bonds is 0. The van der Waals surface area contributed by atoms with Gasteiger partial charge in [-0.05, 0) is 22.6 Å². The highest BCUT2D eigenvalue weighted by Crippen LogP contribution is 2.37. The van der Waals surface area contributed by atoms with Crippen LogP contribution in [0.2, 0.25) is 0 Å². The summed E-state index contributed by atoms with van der Waals surface area (Å²) in [6, 6.07) is 0. The maximum Gasteiger partial charge on any atom is 0.0432 e. The number of hydrogen-bond donors (Lipinski definition) is 0. The maximum absolute atomic E-state index is 3.85. The molecule has 1 aliphatic rings. The van der Waals surface area contributed by atoms with Crippen LogP contribution in [-0.4, -0.2) is 4.83 Å². The third-order valence-corrected chi connectivity index (χ3v) is 2.75. The maximum atomic E-state index is 3.85. The van der Waals surface area contributed by atoms with Crippen molar-refractivity contribution < 1.29 is 0 Å². The van der Waals surface area contributed by atoms with Crippen LogP contribution < -0.4 is 0 Å². The normalized spacial score (nSPS) is 33.0. The first-order valence-corrected chi connectivity index (χ1v) is 4.21. The molecule has 0 saturated heterocycles. The molecule has 1 saturated carbocycles. The van der Waals surface area contributed by atoms with Crippen LogP contribution in [0.3, 0.4) is 0 Å². The van der Waals surface area contributed by atoms with Gasteiger partial charge < -0.3 is 0 Å². The van der Waals surface area contributed by atoms with Gasteiger partial charge in [0.15, 0.2) is 0 Å². The minimum atomic E-state index is 0.534. The lowest BCUT2D eigenvalue weighted by molar-refractivity contribution is 0.867. The topological polar surface area (TPSA) is 0 Å². The summed E-state index contributed by atoms with van der Waals surface area (Å²) in [5, 5.41) is 0. The van der Waals surface area contributed by atoms with Gasteiger partial charge in [0.2, 0.25) is 0 Å². The first-order chi connectivity index (χ1) is 3.75. The zero-order valence-corrected chi connectivity index (χ0v) is 7.50. The van der Waals surface area contributed by atoms with E-state index in [1.54, 1.807) is 0 Å². The van der Waals surface area contributed by atoms with Gasteiger partial charge in [0, 0.05) is 4.83 Å². The molecule has 0 nitrogen and oxygen atoms in total. The van der Waals surface area contributed by atoms with Gasteiger partial charge in [-0.1, -0.05) is 38.4 Å². The van der Waals surface area contributed by atoms with E-state index in [0.29, 0.717) is 4.83 Å². The van der Waals surface area contributed by atoms with E-state index in [9.17, 15) is 0 Å². The average Bonchev–Trinajstić information content (AvgIpc) is 1.81. The minimum absolute atomic E-state index is 0.534. The first kappa shape index (κ1) is 6.56. The van der Waals surface area contributed by atoms with Crippen LogP contribution in [-0.2, 0) is 0 Å². The van der Waals surface area contributed by atoms with Crippen molar-refractivity contribution in [3.05, 3.63) is 22.7 Å². The summed E-state index contributed by atoms with van der Waals surface area (Å²) in [5.74, 6) is 0. The van der Waals surface area contributed by atoms with Crippen LogP contribution in [0.25, 0.3) is 0 Å². The van der Waals surface area contributed by atoms with Crippen molar-refractivity contribution in [1.82, 2.24) is 0 Å². The van der Waals surface area contributed by atoms with E-state index in [2.05, 4.69) is 38.4 Å². The van der Waals surface area contributed by atoms with Crippen molar-refractivity contribution in [1.29, 1.82) is 0 Å². The molecular weight excluding hydrogens is 232 g/mol. The summed E-state index contributed by atoms with van der Waals surface area (Å²) in [5.41, 5.74) is 2.54. The number of alkyl halides is 1. The molecule has 0 radical (unpaired) electrons. The van der Waals surface area contributed by atoms with Gasteiger partial charge in [-0.3, -0.25) is 0 Å². The first-order valence-electron chi connectivity index (χ1n) is 2.38. The van der Waals surface area contributed by atoms with Crippen molar-refractivity contribution in [2.75, 3.05) is 0 Å². The molecule has 1 unspecified atom stereocenters. The van der Waals surface area contributed by atoms with Crippen LogP contribution >= 0.6 is 31.9 Å². The van der Waals surface area contributed by atoms with Gasteiger partial charge in [-0.15, -0.1) is 0 Å². The summed E-state index contributed by atoms with van der Waals surface area (Å²) in [7, 11) is 0. The Morgan fingerprint density at radius 2 is 2.38 bits per heavy atom. The Morgan fingerprint density at radius 3 is 2.50 bits per heavy atom. The van der Waals surface area contributed by atoms with Crippen LogP contribution in [0, 0.1) is 0 Å². The Morgan fingerprint density at radius 1 is 1.75 bits per heavy atom. The standard InChI is InChI=1S/C6H6Br2/c1-4-5(3-7)2-6(4)8/h3,6H,1-2H2/b5-3-. The van der Waals surface area contributed by atoms with E-state index in [4.69, 9.17) is 0 Å². The Hall–Kier alpha value is 0.440. The molecule has 1 atom stereocenters. The van der Waals surface area contributed by atoms with Crippen LogP contribution in [0.5, 0.6) is 0 Å². The molecule has 0 amide bonds. The van der Waals surface area contributed by atoms with E-state index >= 15 is 0 Å². The third-order valence-electron chi connectivity index (χ3n) is 1.32. The van der Waals surface area contributed by atoms with Crippen molar-refractivity contribution >= 4 is 31.9 Å². The van der Waals surface area contributed by atoms with E-state index < -0.39 is 0 Å². The average molecular weight is 238 g/mol. The molecule has 2 heteroatoms. The van der Waals surface area contributed by atoms with Gasteiger partial charge in [-0.2, -0.15) is 0 Å². The number of hydrogen-bond acceptors (Lipinski definition) is 0. The molecular formula is C6H6Br2. The molecule has 0 aromatic carbocycles. The monoisotopic (exact) mass is 236 g/mol. The summed E-state index contributed by atoms with van der Waals surface area (Å²) in [6.45, 7) is 3.85. The molecule has 8 heavy (non-hydrogen) atoms. The van der Waals surface area contributed by atoms with Crippen LogP contribution in [0.15, 0.2) is 22.7 Å². The largest absolute Gasteiger partial charge is 0.0944 e. The smallest absolute Gasteiger partial charge is 0.0432 e. The Labute approximate surface area is 65.9 Å². The molecule has 1 rings (SSSR count). The molecule has 44 valence electrons. The second kappa shape index (κ2) is 2.36. The van der Waals surface area contributed by atoms with Crippen LogP contribution in [0.4, 0.5) is 0 Å². The molecule has 0 heterocycles. The van der Waals surface area contributed by atoms with E-state index in [0.717, 1.165) is 6.42 Å². The SMILES string of the molecule is C=C1/C(=C\Br)CC1Br. The highest BCUT2D eigenvalue weighted by atomic mass is 79.9. The number of halogens is 2. The van der Waals surface area contributed by atoms with Gasteiger partial charge >= 0.3 is 0 Å². The predicted octanol–water partition coefficient (Wildman–Crippen LogP) is 2.99. The predicted molar refractivity (Wildman–Crippen MR) is 43.5 cm³/mol. The molecule has 0 bridgehead atoms. The van der Waals surface area contributed by atoms with Gasteiger partial charge in [0.1, 0.15) is 0 Å². The van der Waals surface area contributed by atoms with Gasteiger partial charge in [0.05, 0.1) is 0 Å². The molecule has 1 fully saturated rings. The molecule has 0 aromatic heterocycles. The Balaban J connectivity index is 2.61. The van der Waals surface area contributed by atoms with E-state index in [1.807, 2.05) is 4.99 Å². The summed E-state index contributed by atoms with van der Waals surface area (Å²) in [4.78, 5) is 2.47. The fourth-order valence-corrected chi connectivity index (χ4v) is 1.76. The van der Waals surface area contributed by atoms with Crippen molar-refractivity contribution in [2.45, 2.75) is 11.2 Å². The van der Waals surface area contributed by atoms with E-state index in [1.165, 1.54) is 11.1 Å². The second-order valence-electron chi connectivity index (χ2n) is 1.83. The van der Waals surface area contributed by atoms with Gasteiger partial charge in [0.25, 0.3) is 0 Å². The highest BCUT2D eigenvalue weighted by molar-refractivity contribution is 9.11. The zero-order valence-electron chi connectivity index (χ0n) is 4.32. The molecule has 0 N–H and O–H groups in total. The summed E-state index contributed by atoms with van der Waals surface area (Å²) < 4.78 is 0.